The summed E-state index contributed by atoms with van der Waals surface area (Å²) in [4.78, 5) is 0. The molecule has 4 aromatic rings. The van der Waals surface area contributed by atoms with Crippen LogP contribution in [0.2, 0.25) is 0 Å². The highest BCUT2D eigenvalue weighted by Crippen LogP contribution is 2.37. The zero-order valence-corrected chi connectivity index (χ0v) is 16.2. The van der Waals surface area contributed by atoms with E-state index in [-0.39, 0.29) is 0 Å². The van der Waals surface area contributed by atoms with Gasteiger partial charge >= 0.3 is 0 Å². The minimum absolute atomic E-state index is 0.537. The first-order chi connectivity index (χ1) is 13.0. The van der Waals surface area contributed by atoms with E-state index < -0.39 is 0 Å². The van der Waals surface area contributed by atoms with Crippen molar-refractivity contribution in [2.24, 2.45) is 13.0 Å². The first-order valence-electron chi connectivity index (χ1n) is 9.33. The van der Waals surface area contributed by atoms with Gasteiger partial charge in [-0.3, -0.25) is 0 Å². The first-order valence-corrected chi connectivity index (χ1v) is 9.33. The van der Waals surface area contributed by atoms with Crippen LogP contribution in [0.5, 0.6) is 0 Å². The van der Waals surface area contributed by atoms with Gasteiger partial charge in [0.2, 0.25) is 5.69 Å². The summed E-state index contributed by atoms with van der Waals surface area (Å²) in [6, 6.07) is 16.7. The number of hydrogen-bond donors (Lipinski definition) is 0. The molecule has 0 amide bonds. The van der Waals surface area contributed by atoms with Gasteiger partial charge < -0.3 is 4.42 Å². The molecule has 0 spiro atoms. The maximum Gasteiger partial charge on any atom is 0.212 e. The molecule has 2 aromatic heterocycles. The third kappa shape index (κ3) is 2.88. The van der Waals surface area contributed by atoms with Gasteiger partial charge in [-0.2, -0.15) is 5.26 Å². The van der Waals surface area contributed by atoms with E-state index in [4.69, 9.17) is 4.42 Å². The number of nitriles is 1. The first kappa shape index (κ1) is 17.3. The van der Waals surface area contributed by atoms with Crippen molar-refractivity contribution in [3.8, 4) is 17.3 Å². The summed E-state index contributed by atoms with van der Waals surface area (Å²) in [5.74, 6) is 0.537. The molecule has 0 saturated carbocycles. The zero-order chi connectivity index (χ0) is 19.1. The second kappa shape index (κ2) is 6.55. The normalized spacial score (nSPS) is 11.4. The van der Waals surface area contributed by atoms with Crippen LogP contribution in [0.25, 0.3) is 33.2 Å². The van der Waals surface area contributed by atoms with Crippen molar-refractivity contribution in [1.29, 1.82) is 5.26 Å². The quantitative estimate of drug-likeness (QED) is 0.458. The Morgan fingerprint density at radius 3 is 2.67 bits per heavy atom. The van der Waals surface area contributed by atoms with Crippen LogP contribution in [0.15, 0.2) is 53.1 Å². The van der Waals surface area contributed by atoms with E-state index in [0.29, 0.717) is 17.1 Å². The van der Waals surface area contributed by atoms with Crippen LogP contribution in [0.3, 0.4) is 0 Å². The number of aromatic nitrogens is 1. The van der Waals surface area contributed by atoms with E-state index in [2.05, 4.69) is 55.7 Å². The van der Waals surface area contributed by atoms with Crippen molar-refractivity contribution in [3.05, 3.63) is 65.4 Å². The lowest BCUT2D eigenvalue weighted by atomic mass is 9.94. The van der Waals surface area contributed by atoms with E-state index in [1.165, 1.54) is 11.1 Å². The summed E-state index contributed by atoms with van der Waals surface area (Å²) in [7, 11) is 2.05. The predicted molar refractivity (Wildman–Crippen MR) is 108 cm³/mol. The topological polar surface area (TPSA) is 40.8 Å². The van der Waals surface area contributed by atoms with Gasteiger partial charge in [0.15, 0.2) is 11.8 Å². The molecule has 0 N–H and O–H groups in total. The number of benzene rings is 2. The van der Waals surface area contributed by atoms with Crippen LogP contribution >= 0.6 is 0 Å². The number of aryl methyl sites for hydroxylation is 2. The third-order valence-electron chi connectivity index (χ3n) is 5.13. The van der Waals surface area contributed by atoms with Crippen LogP contribution in [-0.2, 0) is 13.5 Å². The molecule has 0 aliphatic heterocycles. The molecule has 0 radical (unpaired) electrons. The molecule has 0 atom stereocenters. The van der Waals surface area contributed by atoms with E-state index in [1.54, 1.807) is 0 Å². The summed E-state index contributed by atoms with van der Waals surface area (Å²) in [6.45, 7) is 6.56. The van der Waals surface area contributed by atoms with Crippen molar-refractivity contribution in [2.75, 3.05) is 0 Å². The standard InChI is InChI=1S/C24H23N2O/c1-15(2)11-17-8-9-18(14-25)24-23(17)20-12-16(3)19(13-22(20)27-24)21-7-5-6-10-26(21)4/h5-10,12-13,15H,11H2,1-4H3/q+1. The minimum atomic E-state index is 0.537. The van der Waals surface area contributed by atoms with Crippen molar-refractivity contribution in [2.45, 2.75) is 27.2 Å². The summed E-state index contributed by atoms with van der Waals surface area (Å²) >= 11 is 0. The Bertz CT molecular complexity index is 1210. The molecular formula is C24H23N2O+. The predicted octanol–water partition coefficient (Wildman–Crippen LogP) is 5.46. The molecule has 27 heavy (non-hydrogen) atoms. The second-order valence-electron chi connectivity index (χ2n) is 7.65. The average molecular weight is 355 g/mol. The highest BCUT2D eigenvalue weighted by Gasteiger charge is 2.19. The summed E-state index contributed by atoms with van der Waals surface area (Å²) < 4.78 is 8.33. The van der Waals surface area contributed by atoms with Crippen LogP contribution in [-0.4, -0.2) is 0 Å². The maximum atomic E-state index is 9.54. The van der Waals surface area contributed by atoms with Gasteiger partial charge in [0.1, 0.15) is 18.7 Å². The van der Waals surface area contributed by atoms with E-state index >= 15 is 0 Å². The Labute approximate surface area is 159 Å². The molecule has 0 fully saturated rings. The van der Waals surface area contributed by atoms with Gasteiger partial charge in [-0.05, 0) is 54.7 Å². The zero-order valence-electron chi connectivity index (χ0n) is 16.2. The largest absolute Gasteiger partial charge is 0.455 e. The summed E-state index contributed by atoms with van der Waals surface area (Å²) in [6.07, 6.45) is 3.01. The van der Waals surface area contributed by atoms with Crippen molar-refractivity contribution in [3.63, 3.8) is 0 Å². The van der Waals surface area contributed by atoms with Crippen molar-refractivity contribution in [1.82, 2.24) is 0 Å². The minimum Gasteiger partial charge on any atom is -0.455 e. The van der Waals surface area contributed by atoms with Crippen LogP contribution in [0.4, 0.5) is 0 Å². The Kier molecular flexibility index (Phi) is 4.20. The van der Waals surface area contributed by atoms with E-state index in [0.717, 1.165) is 34.0 Å². The molecule has 2 heterocycles. The van der Waals surface area contributed by atoms with Gasteiger partial charge in [0, 0.05) is 22.9 Å². The van der Waals surface area contributed by atoms with Gasteiger partial charge in [-0.15, -0.1) is 0 Å². The number of furan rings is 1. The molecule has 0 bridgehead atoms. The Hall–Kier alpha value is -3.12. The highest BCUT2D eigenvalue weighted by molar-refractivity contribution is 6.09. The summed E-state index contributed by atoms with van der Waals surface area (Å²) in [5.41, 5.74) is 6.87. The van der Waals surface area contributed by atoms with Gasteiger partial charge in [0.25, 0.3) is 0 Å². The van der Waals surface area contributed by atoms with Crippen molar-refractivity contribution < 1.29 is 8.98 Å². The molecule has 4 rings (SSSR count). The molecule has 0 unspecified atom stereocenters. The van der Waals surface area contributed by atoms with Crippen LogP contribution in [0.1, 0.15) is 30.5 Å². The molecule has 0 aliphatic carbocycles. The fourth-order valence-corrected chi connectivity index (χ4v) is 3.88. The van der Waals surface area contributed by atoms with Crippen molar-refractivity contribution >= 4 is 21.9 Å². The number of rotatable bonds is 3. The lowest BCUT2D eigenvalue weighted by Gasteiger charge is -2.08. The van der Waals surface area contributed by atoms with E-state index in [9.17, 15) is 5.26 Å². The Morgan fingerprint density at radius 2 is 1.96 bits per heavy atom. The molecule has 3 nitrogen and oxygen atoms in total. The number of fused-ring (bicyclic) bond motifs is 3. The molecule has 2 aromatic carbocycles. The highest BCUT2D eigenvalue weighted by atomic mass is 16.3. The SMILES string of the molecule is Cc1cc2c(cc1-c1cccc[n+]1C)oc1c(C#N)ccc(CC(C)C)c12. The Balaban J connectivity index is 2.05. The van der Waals surface area contributed by atoms with Crippen LogP contribution < -0.4 is 4.57 Å². The molecule has 3 heteroatoms. The molecule has 0 saturated heterocycles. The maximum absolute atomic E-state index is 9.54. The summed E-state index contributed by atoms with van der Waals surface area (Å²) in [5, 5.41) is 11.7. The lowest BCUT2D eigenvalue weighted by molar-refractivity contribution is -0.660. The van der Waals surface area contributed by atoms with Crippen LogP contribution in [0, 0.1) is 24.2 Å². The van der Waals surface area contributed by atoms with E-state index in [1.807, 2.05) is 31.4 Å². The second-order valence-corrected chi connectivity index (χ2v) is 7.65. The van der Waals surface area contributed by atoms with Gasteiger partial charge in [-0.25, -0.2) is 4.57 Å². The Morgan fingerprint density at radius 1 is 1.15 bits per heavy atom. The fourth-order valence-electron chi connectivity index (χ4n) is 3.88. The number of hydrogen-bond acceptors (Lipinski definition) is 2. The smallest absolute Gasteiger partial charge is 0.212 e. The lowest BCUT2D eigenvalue weighted by Crippen LogP contribution is -2.30. The molecule has 0 aliphatic rings. The number of nitrogens with zero attached hydrogens (tertiary/aromatic N) is 2. The number of pyridine rings is 1. The van der Waals surface area contributed by atoms with Gasteiger partial charge in [-0.1, -0.05) is 19.9 Å². The monoisotopic (exact) mass is 355 g/mol. The molecular weight excluding hydrogens is 332 g/mol. The van der Waals surface area contributed by atoms with Gasteiger partial charge in [0.05, 0.1) is 11.1 Å². The molecule has 134 valence electrons. The fraction of sp³-hybridized carbons (Fsp3) is 0.250. The average Bonchev–Trinajstić information content (AvgIpc) is 3.00. The third-order valence-corrected chi connectivity index (χ3v) is 5.13.